The van der Waals surface area contributed by atoms with Crippen molar-refractivity contribution in [3.8, 4) is 0 Å². The lowest BCUT2D eigenvalue weighted by Gasteiger charge is -2.34. The third kappa shape index (κ3) is 2.25. The van der Waals surface area contributed by atoms with E-state index in [0.717, 1.165) is 6.42 Å². The van der Waals surface area contributed by atoms with Crippen molar-refractivity contribution in [1.82, 2.24) is 9.21 Å². The zero-order valence-corrected chi connectivity index (χ0v) is 12.6. The van der Waals surface area contributed by atoms with Crippen molar-refractivity contribution >= 4 is 15.9 Å². The number of carbonyl (C=O) groups excluding carboxylic acids is 1. The molecule has 0 aromatic carbocycles. The summed E-state index contributed by atoms with van der Waals surface area (Å²) in [5.74, 6) is 0.193. The van der Waals surface area contributed by atoms with Gasteiger partial charge in [-0.3, -0.25) is 4.79 Å². The summed E-state index contributed by atoms with van der Waals surface area (Å²) in [6.07, 6.45) is 2.09. The van der Waals surface area contributed by atoms with Crippen LogP contribution >= 0.6 is 0 Å². The topological polar surface area (TPSA) is 77.9 Å². The predicted octanol–water partition coefficient (Wildman–Crippen LogP) is -0.360. The molecule has 1 amide bonds. The Bertz CT molecular complexity index is 501. The average molecular weight is 302 g/mol. The fourth-order valence-electron chi connectivity index (χ4n) is 3.67. The van der Waals surface area contributed by atoms with Crippen molar-refractivity contribution < 1.29 is 18.3 Å². The van der Waals surface area contributed by atoms with Gasteiger partial charge in [-0.15, -0.1) is 0 Å². The number of hydrogen-bond donors (Lipinski definition) is 1. The first kappa shape index (κ1) is 14.3. The Hall–Kier alpha value is -0.660. The molecule has 0 unspecified atom stereocenters. The first-order valence-corrected chi connectivity index (χ1v) is 8.82. The van der Waals surface area contributed by atoms with Crippen LogP contribution in [0.1, 0.15) is 25.7 Å². The Morgan fingerprint density at radius 2 is 1.85 bits per heavy atom. The largest absolute Gasteiger partial charge is 0.393 e. The van der Waals surface area contributed by atoms with E-state index in [-0.39, 0.29) is 29.1 Å². The standard InChI is InChI=1S/C13H22N2O4S/c1-14-8-9-2-4-15(5-3-12(9)20(14,18)19)13(17)10-6-11(16)7-10/h9-12,16H,2-8H2,1H3/t9-,10?,11?,12-/m1/s1. The molecule has 2 saturated heterocycles. The van der Waals surface area contributed by atoms with Crippen LogP contribution in [0.15, 0.2) is 0 Å². The number of carbonyl (C=O) groups is 1. The van der Waals surface area contributed by atoms with E-state index in [9.17, 15) is 18.3 Å². The van der Waals surface area contributed by atoms with Gasteiger partial charge in [-0.05, 0) is 31.6 Å². The fraction of sp³-hybridized carbons (Fsp3) is 0.923. The van der Waals surface area contributed by atoms with Crippen LogP contribution in [0.5, 0.6) is 0 Å². The molecule has 2 atom stereocenters. The number of aliphatic hydroxyl groups excluding tert-OH is 1. The molecular formula is C13H22N2O4S. The van der Waals surface area contributed by atoms with E-state index >= 15 is 0 Å². The summed E-state index contributed by atoms with van der Waals surface area (Å²) in [6, 6.07) is 0. The van der Waals surface area contributed by atoms with Gasteiger partial charge in [0, 0.05) is 32.6 Å². The third-order valence-electron chi connectivity index (χ3n) is 5.06. The minimum Gasteiger partial charge on any atom is -0.393 e. The van der Waals surface area contributed by atoms with Crippen LogP contribution in [0.2, 0.25) is 0 Å². The molecule has 20 heavy (non-hydrogen) atoms. The van der Waals surface area contributed by atoms with E-state index in [0.29, 0.717) is 38.9 Å². The lowest BCUT2D eigenvalue weighted by molar-refractivity contribution is -0.142. The maximum Gasteiger partial charge on any atom is 0.225 e. The lowest BCUT2D eigenvalue weighted by atomic mass is 9.81. The van der Waals surface area contributed by atoms with Gasteiger partial charge in [-0.25, -0.2) is 12.7 Å². The predicted molar refractivity (Wildman–Crippen MR) is 73.4 cm³/mol. The second-order valence-corrected chi connectivity index (χ2v) is 8.61. The maximum atomic E-state index is 12.3. The molecule has 3 fully saturated rings. The van der Waals surface area contributed by atoms with Crippen molar-refractivity contribution in [3.05, 3.63) is 0 Å². The molecule has 0 radical (unpaired) electrons. The molecule has 1 aliphatic carbocycles. The second-order valence-electron chi connectivity index (χ2n) is 6.35. The van der Waals surface area contributed by atoms with Gasteiger partial charge in [0.2, 0.25) is 15.9 Å². The van der Waals surface area contributed by atoms with Gasteiger partial charge in [0.15, 0.2) is 0 Å². The highest BCUT2D eigenvalue weighted by Gasteiger charge is 2.46. The molecule has 1 saturated carbocycles. The highest BCUT2D eigenvalue weighted by molar-refractivity contribution is 7.90. The van der Waals surface area contributed by atoms with Crippen LogP contribution in [0.25, 0.3) is 0 Å². The van der Waals surface area contributed by atoms with E-state index in [1.165, 1.54) is 4.31 Å². The first-order valence-electron chi connectivity index (χ1n) is 7.31. The van der Waals surface area contributed by atoms with Gasteiger partial charge >= 0.3 is 0 Å². The smallest absolute Gasteiger partial charge is 0.225 e. The molecule has 114 valence electrons. The zero-order valence-electron chi connectivity index (χ0n) is 11.7. The van der Waals surface area contributed by atoms with Gasteiger partial charge in [0.25, 0.3) is 0 Å². The number of amides is 1. The summed E-state index contributed by atoms with van der Waals surface area (Å²) in [5, 5.41) is 8.97. The van der Waals surface area contributed by atoms with Gasteiger partial charge < -0.3 is 10.0 Å². The highest BCUT2D eigenvalue weighted by Crippen LogP contribution is 2.35. The molecular weight excluding hydrogens is 280 g/mol. The summed E-state index contributed by atoms with van der Waals surface area (Å²) in [4.78, 5) is 14.1. The van der Waals surface area contributed by atoms with Crippen LogP contribution in [-0.4, -0.2) is 66.7 Å². The van der Waals surface area contributed by atoms with Crippen molar-refractivity contribution in [3.63, 3.8) is 0 Å². The van der Waals surface area contributed by atoms with Crippen LogP contribution in [0.3, 0.4) is 0 Å². The molecule has 0 bridgehead atoms. The number of aliphatic hydroxyl groups is 1. The number of sulfonamides is 1. The van der Waals surface area contributed by atoms with E-state index in [1.54, 1.807) is 7.05 Å². The molecule has 2 heterocycles. The number of nitrogens with zero attached hydrogens (tertiary/aromatic N) is 2. The normalized spacial score (nSPS) is 40.8. The summed E-state index contributed by atoms with van der Waals surface area (Å²) in [5.41, 5.74) is 0. The summed E-state index contributed by atoms with van der Waals surface area (Å²) < 4.78 is 25.8. The molecule has 0 aromatic rings. The number of fused-ring (bicyclic) bond motifs is 1. The monoisotopic (exact) mass is 302 g/mol. The molecule has 7 heteroatoms. The lowest BCUT2D eigenvalue weighted by Crippen LogP contribution is -2.44. The molecule has 3 rings (SSSR count). The second kappa shape index (κ2) is 4.96. The van der Waals surface area contributed by atoms with E-state index in [2.05, 4.69) is 0 Å². The van der Waals surface area contributed by atoms with Crippen molar-refractivity contribution in [2.24, 2.45) is 11.8 Å². The highest BCUT2D eigenvalue weighted by atomic mass is 32.2. The number of rotatable bonds is 1. The quantitative estimate of drug-likeness (QED) is 0.717. The minimum atomic E-state index is -3.16. The number of hydrogen-bond acceptors (Lipinski definition) is 4. The van der Waals surface area contributed by atoms with Crippen LogP contribution < -0.4 is 0 Å². The fourth-order valence-corrected chi connectivity index (χ4v) is 5.65. The Morgan fingerprint density at radius 3 is 2.50 bits per heavy atom. The Morgan fingerprint density at radius 1 is 1.20 bits per heavy atom. The molecule has 6 nitrogen and oxygen atoms in total. The van der Waals surface area contributed by atoms with Crippen molar-refractivity contribution in [2.45, 2.75) is 37.0 Å². The van der Waals surface area contributed by atoms with E-state index in [1.807, 2.05) is 4.90 Å². The Labute approximate surface area is 119 Å². The van der Waals surface area contributed by atoms with Crippen molar-refractivity contribution in [1.29, 1.82) is 0 Å². The van der Waals surface area contributed by atoms with Crippen LogP contribution in [-0.2, 0) is 14.8 Å². The first-order chi connectivity index (χ1) is 9.39. The van der Waals surface area contributed by atoms with Crippen molar-refractivity contribution in [2.75, 3.05) is 26.7 Å². The van der Waals surface area contributed by atoms with Gasteiger partial charge in [-0.1, -0.05) is 0 Å². The van der Waals surface area contributed by atoms with Crippen LogP contribution in [0, 0.1) is 11.8 Å². The number of likely N-dealkylation sites (tertiary alicyclic amines) is 1. The molecule has 3 aliphatic rings. The van der Waals surface area contributed by atoms with Gasteiger partial charge in [0.05, 0.1) is 11.4 Å². The van der Waals surface area contributed by atoms with Gasteiger partial charge in [0.1, 0.15) is 0 Å². The minimum absolute atomic E-state index is 0.0535. The third-order valence-corrected chi connectivity index (χ3v) is 7.47. The zero-order chi connectivity index (χ0) is 14.5. The molecule has 0 spiro atoms. The van der Waals surface area contributed by atoms with E-state index in [4.69, 9.17) is 0 Å². The van der Waals surface area contributed by atoms with Gasteiger partial charge in [-0.2, -0.15) is 0 Å². The molecule has 1 N–H and O–H groups in total. The maximum absolute atomic E-state index is 12.3. The van der Waals surface area contributed by atoms with E-state index < -0.39 is 10.0 Å². The SMILES string of the molecule is CN1C[C@H]2CCN(C(=O)C3CC(O)C3)CC[C@H]2S1(=O)=O. The Kier molecular flexibility index (Phi) is 3.54. The summed E-state index contributed by atoms with van der Waals surface area (Å²) in [6.45, 7) is 1.76. The molecule has 0 aromatic heterocycles. The van der Waals surface area contributed by atoms with Crippen LogP contribution in [0.4, 0.5) is 0 Å². The Balaban J connectivity index is 1.66. The average Bonchev–Trinajstić information content (AvgIpc) is 2.54. The summed E-state index contributed by atoms with van der Waals surface area (Å²) in [7, 11) is -1.52. The molecule has 2 aliphatic heterocycles. The summed E-state index contributed by atoms with van der Waals surface area (Å²) >= 11 is 0.